The topological polar surface area (TPSA) is 0 Å². The van der Waals surface area contributed by atoms with Crippen LogP contribution in [-0.4, -0.2) is 8.07 Å². The molecule has 342 valence electrons. The van der Waals surface area contributed by atoms with Crippen LogP contribution in [0, 0.1) is 11.8 Å². The predicted octanol–water partition coefficient (Wildman–Crippen LogP) is 14.2. The zero-order valence-corrected chi connectivity index (χ0v) is 41.2. The summed E-state index contributed by atoms with van der Waals surface area (Å²) in [6.07, 6.45) is 17.4. The number of benzene rings is 9. The molecule has 2 aliphatic rings. The zero-order chi connectivity index (χ0) is 47.0. The van der Waals surface area contributed by atoms with Crippen LogP contribution >= 0.6 is 0 Å². The van der Waals surface area contributed by atoms with Crippen LogP contribution in [-0.2, 0) is 38.5 Å². The highest BCUT2D eigenvalue weighted by Gasteiger charge is 2.51. The largest absolute Gasteiger partial charge is 0.151 e. The Morgan fingerprint density at radius 2 is 0.471 bits per heavy atom. The number of allylic oxidation sites excluding steroid dienone is 4. The van der Waals surface area contributed by atoms with Gasteiger partial charge in [0.2, 0.25) is 0 Å². The summed E-state index contributed by atoms with van der Waals surface area (Å²) >= 11 is 0. The van der Waals surface area contributed by atoms with E-state index in [-0.39, 0.29) is 0 Å². The molecule has 2 atom stereocenters. The van der Waals surface area contributed by atoms with Gasteiger partial charge in [-0.1, -0.05) is 261 Å². The molecule has 0 heterocycles. The fourth-order valence-corrected chi connectivity index (χ4v) is 18.2. The van der Waals surface area contributed by atoms with Crippen molar-refractivity contribution in [1.29, 1.82) is 0 Å². The normalized spacial score (nSPS) is 16.3. The van der Waals surface area contributed by atoms with Crippen LogP contribution in [0.2, 0.25) is 5.54 Å². The molecule has 1 saturated carbocycles. The van der Waals surface area contributed by atoms with Crippen molar-refractivity contribution in [3.63, 3.8) is 0 Å². The maximum absolute atomic E-state index is 3.04. The summed E-state index contributed by atoms with van der Waals surface area (Å²) in [6, 6.07) is 90.7. The highest BCUT2D eigenvalue weighted by atomic mass is 28.3. The fourth-order valence-electron chi connectivity index (χ4n) is 12.1. The van der Waals surface area contributed by atoms with Gasteiger partial charge < -0.3 is 0 Å². The fraction of sp³-hybridized carbons (Fsp3) is 0.159. The minimum absolute atomic E-state index is 0.444. The van der Waals surface area contributed by atoms with E-state index in [0.29, 0.717) is 17.4 Å². The average molecular weight is 919 g/mol. The van der Waals surface area contributed by atoms with E-state index in [1.54, 1.807) is 15.6 Å². The van der Waals surface area contributed by atoms with Gasteiger partial charge in [0.05, 0.1) is 0 Å². The summed E-state index contributed by atoms with van der Waals surface area (Å²) in [5.74, 6) is 1.04. The number of hydrogen-bond acceptors (Lipinski definition) is 0. The van der Waals surface area contributed by atoms with Crippen molar-refractivity contribution < 1.29 is 0 Å². The van der Waals surface area contributed by atoms with Crippen molar-refractivity contribution in [2.75, 3.05) is 0 Å². The van der Waals surface area contributed by atoms with Crippen LogP contribution in [0.25, 0.3) is 0 Å². The lowest BCUT2D eigenvalue weighted by Gasteiger charge is -2.41. The smallest absolute Gasteiger partial charge is 0.0808 e. The lowest BCUT2D eigenvalue weighted by atomic mass is 9.92. The Balaban J connectivity index is 1.22. The molecule has 9 aromatic rings. The molecule has 2 aliphatic carbocycles. The summed E-state index contributed by atoms with van der Waals surface area (Å²) in [7, 11) is -3.04. The van der Waals surface area contributed by atoms with Gasteiger partial charge >= 0.3 is 0 Å². The Hall–Kier alpha value is -7.32. The zero-order valence-electron chi connectivity index (χ0n) is 40.2. The minimum Gasteiger partial charge on any atom is -0.0808 e. The predicted molar refractivity (Wildman–Crippen MR) is 298 cm³/mol. The molecular formula is C69H62Si. The molecule has 0 saturated heterocycles. The summed E-state index contributed by atoms with van der Waals surface area (Å²) in [5, 5.41) is 4.65. The van der Waals surface area contributed by atoms with E-state index in [1.807, 2.05) is 0 Å². The van der Waals surface area contributed by atoms with Crippen molar-refractivity contribution in [2.24, 2.45) is 11.8 Å². The van der Waals surface area contributed by atoms with Gasteiger partial charge in [-0.25, -0.2) is 0 Å². The molecule has 0 amide bonds. The van der Waals surface area contributed by atoms with E-state index in [9.17, 15) is 0 Å². The van der Waals surface area contributed by atoms with E-state index in [0.717, 1.165) is 38.5 Å². The standard InChI is InChI=1S/C69H62Si/c1-7-21-52(22-8-1)35-58-41-59(36-53-23-9-2-10-24-53)45-66(44-58)70(69-50-64-33-19-20-34-65(64)51-69,67-46-60(37-54-25-11-3-12-26-54)42-61(47-67)38-55-27-13-4-14-28-55)68-48-62(39-56-29-15-5-16-30-56)43-63(49-68)40-57-31-17-6-18-32-57/h1-34,41-49,64-65,69H,35-40,50-51H2. The molecule has 70 heavy (non-hydrogen) atoms. The van der Waals surface area contributed by atoms with Crippen LogP contribution in [0.15, 0.2) is 261 Å². The first kappa shape index (κ1) is 45.1. The van der Waals surface area contributed by atoms with Crippen molar-refractivity contribution in [2.45, 2.75) is 56.9 Å². The Morgan fingerprint density at radius 3 is 0.686 bits per heavy atom. The third-order valence-corrected chi connectivity index (χ3v) is 20.4. The molecule has 0 nitrogen and oxygen atoms in total. The van der Waals surface area contributed by atoms with Gasteiger partial charge in [0.1, 0.15) is 0 Å². The van der Waals surface area contributed by atoms with Crippen molar-refractivity contribution in [3.05, 3.63) is 328 Å². The molecular weight excluding hydrogens is 857 g/mol. The molecule has 0 N–H and O–H groups in total. The first-order valence-corrected chi connectivity index (χ1v) is 27.7. The van der Waals surface area contributed by atoms with E-state index in [2.05, 4.69) is 261 Å². The Kier molecular flexibility index (Phi) is 13.6. The number of hydrogen-bond donors (Lipinski definition) is 0. The molecule has 1 fully saturated rings. The quantitative estimate of drug-likeness (QED) is 0.0669. The lowest BCUT2D eigenvalue weighted by molar-refractivity contribution is 0.552. The monoisotopic (exact) mass is 918 g/mol. The van der Waals surface area contributed by atoms with Crippen LogP contribution in [0.4, 0.5) is 0 Å². The van der Waals surface area contributed by atoms with Crippen LogP contribution < -0.4 is 15.6 Å². The summed E-state index contributed by atoms with van der Waals surface area (Å²) in [6.45, 7) is 0. The highest BCUT2D eigenvalue weighted by molar-refractivity contribution is 7.12. The van der Waals surface area contributed by atoms with E-state index in [4.69, 9.17) is 0 Å². The van der Waals surface area contributed by atoms with Gasteiger partial charge in [0.25, 0.3) is 0 Å². The van der Waals surface area contributed by atoms with E-state index in [1.165, 1.54) is 79.6 Å². The second-order valence-corrected chi connectivity index (χ2v) is 24.3. The molecule has 0 aromatic heterocycles. The molecule has 11 rings (SSSR count). The Morgan fingerprint density at radius 1 is 0.257 bits per heavy atom. The van der Waals surface area contributed by atoms with Gasteiger partial charge in [-0.15, -0.1) is 0 Å². The first-order valence-electron chi connectivity index (χ1n) is 25.6. The van der Waals surface area contributed by atoms with Crippen LogP contribution in [0.3, 0.4) is 0 Å². The Bertz CT molecular complexity index is 2680. The van der Waals surface area contributed by atoms with Crippen LogP contribution in [0.1, 0.15) is 79.6 Å². The molecule has 0 aliphatic heterocycles. The first-order chi connectivity index (χ1) is 34.6. The molecule has 0 bridgehead atoms. The van der Waals surface area contributed by atoms with E-state index >= 15 is 0 Å². The van der Waals surface area contributed by atoms with Crippen molar-refractivity contribution in [3.8, 4) is 0 Å². The molecule has 2 unspecified atom stereocenters. The number of rotatable bonds is 16. The molecule has 9 aromatic carbocycles. The van der Waals surface area contributed by atoms with Gasteiger partial charge in [0.15, 0.2) is 8.07 Å². The SMILES string of the molecule is C1=CC2CC([Si](c3cc(Cc4ccccc4)cc(Cc4ccccc4)c3)(c3cc(Cc4ccccc4)cc(Cc4ccccc4)c3)c3cc(Cc4ccccc4)cc(Cc4ccccc4)c3)CC2C=C1. The van der Waals surface area contributed by atoms with Crippen molar-refractivity contribution in [1.82, 2.24) is 0 Å². The van der Waals surface area contributed by atoms with Gasteiger partial charge in [-0.3, -0.25) is 0 Å². The highest BCUT2D eigenvalue weighted by Crippen LogP contribution is 2.48. The summed E-state index contributed by atoms with van der Waals surface area (Å²) in [5.41, 5.74) is 17.0. The van der Waals surface area contributed by atoms with Gasteiger partial charge in [0, 0.05) is 0 Å². The lowest BCUT2D eigenvalue weighted by Crippen LogP contribution is -2.70. The second kappa shape index (κ2) is 21.1. The van der Waals surface area contributed by atoms with Gasteiger partial charge in [-0.05, 0) is 151 Å². The Labute approximate surface area is 417 Å². The molecule has 0 radical (unpaired) electrons. The summed E-state index contributed by atoms with van der Waals surface area (Å²) < 4.78 is 0. The summed E-state index contributed by atoms with van der Waals surface area (Å²) in [4.78, 5) is 0. The van der Waals surface area contributed by atoms with Crippen LogP contribution in [0.5, 0.6) is 0 Å². The third kappa shape index (κ3) is 10.5. The van der Waals surface area contributed by atoms with Gasteiger partial charge in [-0.2, -0.15) is 0 Å². The van der Waals surface area contributed by atoms with Crippen molar-refractivity contribution >= 4 is 23.6 Å². The van der Waals surface area contributed by atoms with E-state index < -0.39 is 8.07 Å². The third-order valence-electron chi connectivity index (χ3n) is 15.1. The maximum atomic E-state index is 2.70. The second-order valence-electron chi connectivity index (χ2n) is 20.2. The minimum atomic E-state index is -3.04. The average Bonchev–Trinajstić information content (AvgIpc) is 3.83. The number of fused-ring (bicyclic) bond motifs is 1. The molecule has 1 heteroatoms. The maximum Gasteiger partial charge on any atom is 0.151 e. The molecule has 0 spiro atoms.